The van der Waals surface area contributed by atoms with E-state index >= 15 is 0 Å². The van der Waals surface area contributed by atoms with Crippen LogP contribution in [0.3, 0.4) is 0 Å². The maximum atomic E-state index is 6.24. The molecule has 0 amide bonds. The van der Waals surface area contributed by atoms with Crippen molar-refractivity contribution in [3.8, 4) is 0 Å². The molecule has 18 heavy (non-hydrogen) atoms. The Balaban J connectivity index is 1.77. The van der Waals surface area contributed by atoms with Gasteiger partial charge in [-0.2, -0.15) is 0 Å². The average Bonchev–Trinajstić information content (AvgIpc) is 2.62. The van der Waals surface area contributed by atoms with Crippen molar-refractivity contribution in [1.29, 1.82) is 0 Å². The molecule has 3 nitrogen and oxygen atoms in total. The van der Waals surface area contributed by atoms with E-state index in [4.69, 9.17) is 5.73 Å². The average molecular weight is 247 g/mol. The van der Waals surface area contributed by atoms with Crippen LogP contribution in [0.5, 0.6) is 0 Å². The first kappa shape index (κ1) is 13.5. The van der Waals surface area contributed by atoms with E-state index in [1.54, 1.807) is 0 Å². The van der Waals surface area contributed by atoms with Crippen molar-refractivity contribution in [1.82, 2.24) is 9.80 Å². The second-order valence-electron chi connectivity index (χ2n) is 5.30. The molecule has 2 rings (SSSR count). The van der Waals surface area contributed by atoms with Crippen LogP contribution in [-0.2, 0) is 0 Å². The lowest BCUT2D eigenvalue weighted by Gasteiger charge is -2.22. The highest BCUT2D eigenvalue weighted by Gasteiger charge is 2.13. The SMILES string of the molecule is CN1CCCN(CCC(N)c2ccccc2)CC1. The van der Waals surface area contributed by atoms with E-state index in [1.165, 1.54) is 38.2 Å². The lowest BCUT2D eigenvalue weighted by atomic mass is 10.0. The minimum atomic E-state index is 0.173. The molecule has 3 heteroatoms. The van der Waals surface area contributed by atoms with Gasteiger partial charge in [0.1, 0.15) is 0 Å². The molecule has 0 aliphatic carbocycles. The first-order valence-corrected chi connectivity index (χ1v) is 6.97. The summed E-state index contributed by atoms with van der Waals surface area (Å²) < 4.78 is 0. The van der Waals surface area contributed by atoms with E-state index in [0.29, 0.717) is 0 Å². The quantitative estimate of drug-likeness (QED) is 0.879. The summed E-state index contributed by atoms with van der Waals surface area (Å²) >= 11 is 0. The summed E-state index contributed by atoms with van der Waals surface area (Å²) in [6.07, 6.45) is 2.32. The van der Waals surface area contributed by atoms with Crippen LogP contribution in [0.1, 0.15) is 24.4 Å². The number of nitrogens with two attached hydrogens (primary N) is 1. The predicted octanol–water partition coefficient (Wildman–Crippen LogP) is 1.71. The topological polar surface area (TPSA) is 32.5 Å². The summed E-state index contributed by atoms with van der Waals surface area (Å²) in [7, 11) is 2.21. The molecule has 0 spiro atoms. The molecule has 1 unspecified atom stereocenters. The number of rotatable bonds is 4. The summed E-state index contributed by atoms with van der Waals surface area (Å²) in [5, 5.41) is 0. The monoisotopic (exact) mass is 247 g/mol. The van der Waals surface area contributed by atoms with E-state index in [-0.39, 0.29) is 6.04 Å². The summed E-state index contributed by atoms with van der Waals surface area (Å²) in [4.78, 5) is 4.96. The summed E-state index contributed by atoms with van der Waals surface area (Å²) in [5.74, 6) is 0. The highest BCUT2D eigenvalue weighted by atomic mass is 15.2. The van der Waals surface area contributed by atoms with Gasteiger partial charge in [0, 0.05) is 19.1 Å². The van der Waals surface area contributed by atoms with Crippen LogP contribution >= 0.6 is 0 Å². The lowest BCUT2D eigenvalue weighted by molar-refractivity contribution is 0.267. The second-order valence-corrected chi connectivity index (χ2v) is 5.30. The van der Waals surface area contributed by atoms with Gasteiger partial charge in [0.05, 0.1) is 0 Å². The number of benzene rings is 1. The minimum absolute atomic E-state index is 0.173. The van der Waals surface area contributed by atoms with Gasteiger partial charge < -0.3 is 15.5 Å². The van der Waals surface area contributed by atoms with Crippen molar-refractivity contribution in [3.05, 3.63) is 35.9 Å². The standard InChI is InChI=1S/C15H25N3/c1-17-9-5-10-18(13-12-17)11-8-15(16)14-6-3-2-4-7-14/h2-4,6-7,15H,5,8-13,16H2,1H3. The van der Waals surface area contributed by atoms with Crippen molar-refractivity contribution < 1.29 is 0 Å². The van der Waals surface area contributed by atoms with Crippen LogP contribution in [0.15, 0.2) is 30.3 Å². The van der Waals surface area contributed by atoms with Gasteiger partial charge in [0.2, 0.25) is 0 Å². The Bertz CT molecular complexity index is 339. The van der Waals surface area contributed by atoms with Crippen molar-refractivity contribution in [2.45, 2.75) is 18.9 Å². The molecule has 1 aromatic carbocycles. The van der Waals surface area contributed by atoms with Gasteiger partial charge in [-0.05, 0) is 45.1 Å². The Kier molecular flexibility index (Phi) is 5.17. The largest absolute Gasteiger partial charge is 0.324 e. The Morgan fingerprint density at radius 3 is 2.67 bits per heavy atom. The molecule has 0 saturated carbocycles. The van der Waals surface area contributed by atoms with E-state index in [2.05, 4.69) is 41.1 Å². The molecule has 2 N–H and O–H groups in total. The zero-order valence-corrected chi connectivity index (χ0v) is 11.4. The molecule has 100 valence electrons. The first-order valence-electron chi connectivity index (χ1n) is 6.97. The molecule has 0 aromatic heterocycles. The minimum Gasteiger partial charge on any atom is -0.324 e. The molecule has 1 aliphatic rings. The highest BCUT2D eigenvalue weighted by molar-refractivity contribution is 5.18. The third-order valence-corrected chi connectivity index (χ3v) is 3.80. The normalized spacial score (nSPS) is 20.6. The molecule has 0 bridgehead atoms. The molecule has 1 aliphatic heterocycles. The van der Waals surface area contributed by atoms with Gasteiger partial charge in [-0.1, -0.05) is 30.3 Å². The van der Waals surface area contributed by atoms with Gasteiger partial charge in [-0.3, -0.25) is 0 Å². The van der Waals surface area contributed by atoms with E-state index in [9.17, 15) is 0 Å². The number of hydrogen-bond donors (Lipinski definition) is 1. The summed E-state index contributed by atoms with van der Waals surface area (Å²) in [6.45, 7) is 5.91. The summed E-state index contributed by atoms with van der Waals surface area (Å²) in [5.41, 5.74) is 7.50. The van der Waals surface area contributed by atoms with Crippen LogP contribution in [0.2, 0.25) is 0 Å². The Labute approximate surface area is 111 Å². The number of hydrogen-bond acceptors (Lipinski definition) is 3. The van der Waals surface area contributed by atoms with Crippen molar-refractivity contribution in [2.24, 2.45) is 5.73 Å². The Morgan fingerprint density at radius 1 is 1.11 bits per heavy atom. The molecular formula is C15H25N3. The molecule has 1 fully saturated rings. The number of likely N-dealkylation sites (N-methyl/N-ethyl adjacent to an activating group) is 1. The Morgan fingerprint density at radius 2 is 1.89 bits per heavy atom. The van der Waals surface area contributed by atoms with Crippen molar-refractivity contribution in [2.75, 3.05) is 39.8 Å². The highest BCUT2D eigenvalue weighted by Crippen LogP contribution is 2.14. The maximum absolute atomic E-state index is 6.24. The third-order valence-electron chi connectivity index (χ3n) is 3.80. The van der Waals surface area contributed by atoms with E-state index < -0.39 is 0 Å². The van der Waals surface area contributed by atoms with Gasteiger partial charge in [0.25, 0.3) is 0 Å². The van der Waals surface area contributed by atoms with Crippen molar-refractivity contribution in [3.63, 3.8) is 0 Å². The summed E-state index contributed by atoms with van der Waals surface area (Å²) in [6, 6.07) is 10.6. The predicted molar refractivity (Wildman–Crippen MR) is 76.5 cm³/mol. The van der Waals surface area contributed by atoms with Gasteiger partial charge in [-0.15, -0.1) is 0 Å². The fourth-order valence-electron chi connectivity index (χ4n) is 2.51. The van der Waals surface area contributed by atoms with Gasteiger partial charge in [0.15, 0.2) is 0 Å². The van der Waals surface area contributed by atoms with Crippen LogP contribution in [0, 0.1) is 0 Å². The Hall–Kier alpha value is -0.900. The van der Waals surface area contributed by atoms with Gasteiger partial charge >= 0.3 is 0 Å². The van der Waals surface area contributed by atoms with Gasteiger partial charge in [-0.25, -0.2) is 0 Å². The second kappa shape index (κ2) is 6.88. The molecule has 1 aromatic rings. The first-order chi connectivity index (χ1) is 8.75. The molecule has 0 radical (unpaired) electrons. The smallest absolute Gasteiger partial charge is 0.0307 e. The lowest BCUT2D eigenvalue weighted by Crippen LogP contribution is -2.31. The maximum Gasteiger partial charge on any atom is 0.0307 e. The van der Waals surface area contributed by atoms with E-state index in [0.717, 1.165) is 13.0 Å². The molecule has 1 saturated heterocycles. The van der Waals surface area contributed by atoms with Crippen molar-refractivity contribution >= 4 is 0 Å². The van der Waals surface area contributed by atoms with Crippen LogP contribution in [0.4, 0.5) is 0 Å². The third kappa shape index (κ3) is 4.09. The van der Waals surface area contributed by atoms with Crippen LogP contribution in [-0.4, -0.2) is 49.6 Å². The fourth-order valence-corrected chi connectivity index (χ4v) is 2.51. The molecule has 1 heterocycles. The van der Waals surface area contributed by atoms with E-state index in [1.807, 2.05) is 6.07 Å². The van der Waals surface area contributed by atoms with Crippen LogP contribution < -0.4 is 5.73 Å². The fraction of sp³-hybridized carbons (Fsp3) is 0.600. The zero-order chi connectivity index (χ0) is 12.8. The molecular weight excluding hydrogens is 222 g/mol. The zero-order valence-electron chi connectivity index (χ0n) is 11.4. The molecule has 1 atom stereocenters. The number of nitrogens with zero attached hydrogens (tertiary/aromatic N) is 2. The van der Waals surface area contributed by atoms with Crippen LogP contribution in [0.25, 0.3) is 0 Å².